The van der Waals surface area contributed by atoms with Crippen LogP contribution in [-0.2, 0) is 9.59 Å². The van der Waals surface area contributed by atoms with E-state index in [9.17, 15) is 14.7 Å². The Labute approximate surface area is 157 Å². The molecule has 2 atom stereocenters. The third kappa shape index (κ3) is 4.85. The van der Waals surface area contributed by atoms with Crippen LogP contribution in [0.25, 0.3) is 0 Å². The zero-order chi connectivity index (χ0) is 18.7. The molecule has 6 nitrogen and oxygen atoms in total. The zero-order valence-electron chi connectivity index (χ0n) is 14.6. The van der Waals surface area contributed by atoms with Gasteiger partial charge in [0.2, 0.25) is 5.91 Å². The van der Waals surface area contributed by atoms with Gasteiger partial charge in [-0.3, -0.25) is 14.5 Å². The molecule has 1 aliphatic heterocycles. The fourth-order valence-electron chi connectivity index (χ4n) is 2.98. The van der Waals surface area contributed by atoms with Crippen LogP contribution in [0.15, 0.2) is 18.2 Å². The minimum absolute atomic E-state index is 0.0625. The summed E-state index contributed by atoms with van der Waals surface area (Å²) in [4.78, 5) is 30.0. The predicted octanol–water partition coefficient (Wildman–Crippen LogP) is 1.65. The monoisotopic (exact) mass is 387 g/mol. The van der Waals surface area contributed by atoms with Crippen molar-refractivity contribution in [3.05, 3.63) is 33.8 Å². The Bertz CT molecular complexity index is 624. The molecule has 0 saturated carbocycles. The molecule has 0 aliphatic carbocycles. The molecule has 0 bridgehead atoms. The summed E-state index contributed by atoms with van der Waals surface area (Å²) in [7, 11) is 3.65. The van der Waals surface area contributed by atoms with Crippen molar-refractivity contribution in [2.45, 2.75) is 19.1 Å². The Hall–Kier alpha value is -1.34. The van der Waals surface area contributed by atoms with Gasteiger partial charge in [0.1, 0.15) is 12.1 Å². The number of benzene rings is 1. The number of halogens is 2. The summed E-state index contributed by atoms with van der Waals surface area (Å²) < 4.78 is 0. The van der Waals surface area contributed by atoms with E-state index in [0.717, 1.165) is 5.56 Å². The van der Waals surface area contributed by atoms with Gasteiger partial charge in [0.25, 0.3) is 5.91 Å². The fraction of sp³-hybridized carbons (Fsp3) is 0.529. The van der Waals surface area contributed by atoms with Gasteiger partial charge >= 0.3 is 0 Å². The third-order valence-corrected chi connectivity index (χ3v) is 4.65. The average molecular weight is 388 g/mol. The SMILES string of the molecule is CC(O)C(=O)N1CCN(C(=O)C(c2cc(Cl)cc(Cl)c2)N(C)C)CC1. The Morgan fingerprint density at radius 2 is 1.44 bits per heavy atom. The molecule has 1 aromatic rings. The minimum Gasteiger partial charge on any atom is -0.384 e. The molecule has 138 valence electrons. The second-order valence-corrected chi connectivity index (χ2v) is 7.27. The first-order chi connectivity index (χ1) is 11.7. The van der Waals surface area contributed by atoms with E-state index in [0.29, 0.717) is 36.2 Å². The lowest BCUT2D eigenvalue weighted by molar-refractivity contribution is -0.146. The summed E-state index contributed by atoms with van der Waals surface area (Å²) in [6.07, 6.45) is -1.02. The lowest BCUT2D eigenvalue weighted by Crippen LogP contribution is -2.54. The molecule has 2 rings (SSSR count). The van der Waals surface area contributed by atoms with Gasteiger partial charge in [-0.15, -0.1) is 0 Å². The molecular weight excluding hydrogens is 365 g/mol. The van der Waals surface area contributed by atoms with Crippen LogP contribution in [-0.4, -0.2) is 78.0 Å². The second kappa shape index (κ2) is 8.36. The maximum atomic E-state index is 13.0. The van der Waals surface area contributed by atoms with Gasteiger partial charge in [-0.1, -0.05) is 23.2 Å². The lowest BCUT2D eigenvalue weighted by atomic mass is 10.0. The Kier molecular flexibility index (Phi) is 6.68. The van der Waals surface area contributed by atoms with Gasteiger partial charge in [0, 0.05) is 36.2 Å². The van der Waals surface area contributed by atoms with Crippen LogP contribution in [0.2, 0.25) is 10.0 Å². The van der Waals surface area contributed by atoms with E-state index in [2.05, 4.69) is 0 Å². The maximum absolute atomic E-state index is 13.0. The molecule has 0 spiro atoms. The van der Waals surface area contributed by atoms with Crippen LogP contribution in [0.4, 0.5) is 0 Å². The number of likely N-dealkylation sites (N-methyl/N-ethyl adjacent to an activating group) is 1. The van der Waals surface area contributed by atoms with E-state index in [-0.39, 0.29) is 11.8 Å². The normalized spacial score (nSPS) is 17.6. The zero-order valence-corrected chi connectivity index (χ0v) is 16.1. The van der Waals surface area contributed by atoms with Crippen LogP contribution < -0.4 is 0 Å². The fourth-order valence-corrected chi connectivity index (χ4v) is 3.52. The molecule has 1 saturated heterocycles. The number of nitrogens with zero attached hydrogens (tertiary/aromatic N) is 3. The van der Waals surface area contributed by atoms with Crippen molar-refractivity contribution in [1.82, 2.24) is 14.7 Å². The van der Waals surface area contributed by atoms with E-state index in [1.807, 2.05) is 19.0 Å². The standard InChI is InChI=1S/C17H23Cl2N3O3/c1-11(23)16(24)21-4-6-22(7-5-21)17(25)15(20(2)3)12-8-13(18)10-14(19)9-12/h8-11,15,23H,4-7H2,1-3H3. The molecule has 1 aliphatic rings. The van der Waals surface area contributed by atoms with Crippen molar-refractivity contribution in [1.29, 1.82) is 0 Å². The lowest BCUT2D eigenvalue weighted by Gasteiger charge is -2.38. The number of amides is 2. The number of carbonyl (C=O) groups excluding carboxylic acids is 2. The molecule has 8 heteroatoms. The van der Waals surface area contributed by atoms with Crippen molar-refractivity contribution >= 4 is 35.0 Å². The first-order valence-corrected chi connectivity index (χ1v) is 8.84. The smallest absolute Gasteiger partial charge is 0.251 e. The number of hydrogen-bond donors (Lipinski definition) is 1. The van der Waals surface area contributed by atoms with E-state index < -0.39 is 12.1 Å². The minimum atomic E-state index is -1.02. The van der Waals surface area contributed by atoms with Crippen LogP contribution in [0, 0.1) is 0 Å². The largest absolute Gasteiger partial charge is 0.384 e. The molecule has 1 heterocycles. The first kappa shape index (κ1) is 20.0. The Morgan fingerprint density at radius 3 is 1.84 bits per heavy atom. The summed E-state index contributed by atoms with van der Waals surface area (Å²) in [5.74, 6) is -0.370. The summed E-state index contributed by atoms with van der Waals surface area (Å²) in [5, 5.41) is 10.4. The number of aliphatic hydroxyl groups is 1. The Morgan fingerprint density at radius 1 is 1.00 bits per heavy atom. The number of aliphatic hydroxyl groups excluding tert-OH is 1. The molecule has 0 aromatic heterocycles. The highest BCUT2D eigenvalue weighted by atomic mass is 35.5. The van der Waals surface area contributed by atoms with Gasteiger partial charge in [0.05, 0.1) is 0 Å². The molecule has 1 fully saturated rings. The molecular formula is C17H23Cl2N3O3. The number of carbonyl (C=O) groups is 2. The summed E-state index contributed by atoms with van der Waals surface area (Å²) in [6.45, 7) is 3.12. The van der Waals surface area contributed by atoms with Crippen molar-refractivity contribution in [2.75, 3.05) is 40.3 Å². The topological polar surface area (TPSA) is 64.1 Å². The highest BCUT2D eigenvalue weighted by Gasteiger charge is 2.32. The second-order valence-electron chi connectivity index (χ2n) is 6.40. The van der Waals surface area contributed by atoms with Crippen LogP contribution >= 0.6 is 23.2 Å². The first-order valence-electron chi connectivity index (χ1n) is 8.08. The molecule has 2 unspecified atom stereocenters. The summed E-state index contributed by atoms with van der Waals surface area (Å²) in [5.41, 5.74) is 0.731. The molecule has 1 N–H and O–H groups in total. The van der Waals surface area contributed by atoms with E-state index in [4.69, 9.17) is 23.2 Å². The molecule has 0 radical (unpaired) electrons. The number of rotatable bonds is 4. The van der Waals surface area contributed by atoms with Crippen LogP contribution in [0.5, 0.6) is 0 Å². The molecule has 2 amide bonds. The van der Waals surface area contributed by atoms with E-state index in [1.165, 1.54) is 6.92 Å². The van der Waals surface area contributed by atoms with E-state index >= 15 is 0 Å². The van der Waals surface area contributed by atoms with Gasteiger partial charge in [-0.05, 0) is 44.8 Å². The quantitative estimate of drug-likeness (QED) is 0.852. The Balaban J connectivity index is 2.13. The summed E-state index contributed by atoms with van der Waals surface area (Å²) >= 11 is 12.2. The molecule has 1 aromatic carbocycles. The predicted molar refractivity (Wildman–Crippen MR) is 97.7 cm³/mol. The van der Waals surface area contributed by atoms with Crippen LogP contribution in [0.3, 0.4) is 0 Å². The third-order valence-electron chi connectivity index (χ3n) is 4.21. The van der Waals surface area contributed by atoms with Gasteiger partial charge in [-0.25, -0.2) is 0 Å². The van der Waals surface area contributed by atoms with Crippen molar-refractivity contribution < 1.29 is 14.7 Å². The highest BCUT2D eigenvalue weighted by molar-refractivity contribution is 6.34. The maximum Gasteiger partial charge on any atom is 0.251 e. The van der Waals surface area contributed by atoms with Crippen molar-refractivity contribution in [3.8, 4) is 0 Å². The summed E-state index contributed by atoms with van der Waals surface area (Å²) in [6, 6.07) is 4.60. The van der Waals surface area contributed by atoms with Crippen molar-refractivity contribution in [2.24, 2.45) is 0 Å². The number of hydrogen-bond acceptors (Lipinski definition) is 4. The van der Waals surface area contributed by atoms with Gasteiger partial charge < -0.3 is 14.9 Å². The average Bonchev–Trinajstić information content (AvgIpc) is 2.53. The molecule has 25 heavy (non-hydrogen) atoms. The highest BCUT2D eigenvalue weighted by Crippen LogP contribution is 2.28. The van der Waals surface area contributed by atoms with E-state index in [1.54, 1.807) is 28.0 Å². The van der Waals surface area contributed by atoms with Gasteiger partial charge in [0.15, 0.2) is 0 Å². The van der Waals surface area contributed by atoms with Crippen molar-refractivity contribution in [3.63, 3.8) is 0 Å². The van der Waals surface area contributed by atoms with Crippen LogP contribution in [0.1, 0.15) is 18.5 Å². The number of piperazine rings is 1. The van der Waals surface area contributed by atoms with Gasteiger partial charge in [-0.2, -0.15) is 0 Å².